The number of cyclic esters (lactones) is 1. The van der Waals surface area contributed by atoms with Gasteiger partial charge in [0.25, 0.3) is 0 Å². The summed E-state index contributed by atoms with van der Waals surface area (Å²) in [7, 11) is 0. The molecule has 8 nitrogen and oxygen atoms in total. The lowest BCUT2D eigenvalue weighted by Crippen LogP contribution is -2.59. The maximum absolute atomic E-state index is 14.2. The number of allylic oxidation sites excluding steroid dienone is 1. The number of aliphatic hydroxyl groups excluding tert-OH is 1. The van der Waals surface area contributed by atoms with E-state index in [1.165, 1.54) is 4.90 Å². The molecule has 4 heterocycles. The topological polar surface area (TPSA) is 96.4 Å². The van der Waals surface area contributed by atoms with E-state index in [9.17, 15) is 19.5 Å². The van der Waals surface area contributed by atoms with Crippen molar-refractivity contribution < 1.29 is 29.0 Å². The number of aliphatic hydroxyl groups is 1. The van der Waals surface area contributed by atoms with Gasteiger partial charge in [-0.2, -0.15) is 0 Å². The van der Waals surface area contributed by atoms with Crippen molar-refractivity contribution in [1.82, 2.24) is 9.80 Å². The van der Waals surface area contributed by atoms with Crippen LogP contribution in [0, 0.1) is 11.8 Å². The van der Waals surface area contributed by atoms with Crippen LogP contribution in [0.15, 0.2) is 24.3 Å². The molecule has 0 bridgehead atoms. The predicted molar refractivity (Wildman–Crippen MR) is 126 cm³/mol. The molecule has 6 atom stereocenters. The number of carbonyl (C=O) groups is 3. The molecule has 0 saturated carbocycles. The second-order valence-electron chi connectivity index (χ2n) is 10.2. The van der Waals surface area contributed by atoms with E-state index in [4.69, 9.17) is 9.47 Å². The van der Waals surface area contributed by atoms with E-state index in [0.717, 1.165) is 19.3 Å². The summed E-state index contributed by atoms with van der Waals surface area (Å²) >= 11 is 0. The van der Waals surface area contributed by atoms with Gasteiger partial charge in [0.1, 0.15) is 23.2 Å². The minimum atomic E-state index is -1.31. The van der Waals surface area contributed by atoms with Gasteiger partial charge < -0.3 is 24.4 Å². The van der Waals surface area contributed by atoms with Crippen molar-refractivity contribution in [3.63, 3.8) is 0 Å². The smallest absolute Gasteiger partial charge is 0.313 e. The number of hydrogen-bond donors (Lipinski definition) is 1. The molecular weight excluding hydrogens is 436 g/mol. The second-order valence-corrected chi connectivity index (χ2v) is 10.2. The van der Waals surface area contributed by atoms with Crippen molar-refractivity contribution in [2.45, 2.75) is 89.1 Å². The third-order valence-corrected chi connectivity index (χ3v) is 8.05. The number of likely N-dealkylation sites (tertiary alicyclic amines) is 1. The molecule has 1 spiro atoms. The number of ether oxygens (including phenoxy) is 2. The van der Waals surface area contributed by atoms with Crippen molar-refractivity contribution in [2.24, 2.45) is 11.8 Å². The first-order valence-electron chi connectivity index (χ1n) is 12.7. The first-order valence-corrected chi connectivity index (χ1v) is 12.7. The van der Waals surface area contributed by atoms with Gasteiger partial charge in [-0.15, -0.1) is 0 Å². The molecule has 4 rings (SSSR count). The van der Waals surface area contributed by atoms with Crippen molar-refractivity contribution in [3.8, 4) is 0 Å². The fourth-order valence-electron chi connectivity index (χ4n) is 6.27. The van der Waals surface area contributed by atoms with Crippen LogP contribution in [-0.4, -0.2) is 81.8 Å². The van der Waals surface area contributed by atoms with E-state index in [-0.39, 0.29) is 24.5 Å². The van der Waals surface area contributed by atoms with Crippen LogP contribution in [0.2, 0.25) is 0 Å². The van der Waals surface area contributed by atoms with Crippen LogP contribution in [0.1, 0.15) is 59.8 Å². The monoisotopic (exact) mass is 474 g/mol. The highest BCUT2D eigenvalue weighted by Crippen LogP contribution is 2.58. The number of esters is 1. The van der Waals surface area contributed by atoms with Gasteiger partial charge in [-0.05, 0) is 46.0 Å². The van der Waals surface area contributed by atoms with Gasteiger partial charge in [0.05, 0.1) is 25.2 Å². The zero-order valence-corrected chi connectivity index (χ0v) is 20.7. The highest BCUT2D eigenvalue weighted by Gasteiger charge is 2.75. The van der Waals surface area contributed by atoms with E-state index in [2.05, 4.69) is 0 Å². The van der Waals surface area contributed by atoms with E-state index >= 15 is 0 Å². The molecule has 4 aliphatic heterocycles. The molecule has 1 unspecified atom stereocenters. The number of carbonyl (C=O) groups excluding carboxylic acids is 3. The van der Waals surface area contributed by atoms with Gasteiger partial charge >= 0.3 is 5.97 Å². The lowest BCUT2D eigenvalue weighted by Gasteiger charge is -2.41. The first kappa shape index (κ1) is 24.9. The maximum atomic E-state index is 14.2. The number of hydrogen-bond acceptors (Lipinski definition) is 6. The molecular formula is C26H38N2O6. The van der Waals surface area contributed by atoms with Crippen LogP contribution in [0.25, 0.3) is 0 Å². The molecule has 34 heavy (non-hydrogen) atoms. The summed E-state index contributed by atoms with van der Waals surface area (Å²) in [6.45, 7) is 8.13. The highest BCUT2D eigenvalue weighted by atomic mass is 16.6. The van der Waals surface area contributed by atoms with Crippen molar-refractivity contribution >= 4 is 17.8 Å². The van der Waals surface area contributed by atoms with Crippen LogP contribution in [0.3, 0.4) is 0 Å². The van der Waals surface area contributed by atoms with Crippen LogP contribution in [0.4, 0.5) is 0 Å². The summed E-state index contributed by atoms with van der Waals surface area (Å²) in [4.78, 5) is 44.9. The number of fused-ring (bicyclic) bond motifs is 2. The van der Waals surface area contributed by atoms with Crippen LogP contribution in [-0.2, 0) is 23.9 Å². The lowest BCUT2D eigenvalue weighted by atomic mass is 9.73. The first-order chi connectivity index (χ1) is 16.3. The normalized spacial score (nSPS) is 37.7. The van der Waals surface area contributed by atoms with E-state index in [1.807, 2.05) is 52.0 Å². The van der Waals surface area contributed by atoms with E-state index < -0.39 is 41.1 Å². The Bertz CT molecular complexity index is 881. The van der Waals surface area contributed by atoms with Gasteiger partial charge in [0.15, 0.2) is 0 Å². The second kappa shape index (κ2) is 9.46. The van der Waals surface area contributed by atoms with Crippen LogP contribution in [0.5, 0.6) is 0 Å². The number of amides is 2. The van der Waals surface area contributed by atoms with Gasteiger partial charge in [0, 0.05) is 12.6 Å². The Morgan fingerprint density at radius 1 is 1.09 bits per heavy atom. The van der Waals surface area contributed by atoms with Crippen molar-refractivity contribution in [2.75, 3.05) is 19.8 Å². The molecule has 0 aromatic rings. The zero-order chi connectivity index (χ0) is 24.7. The molecule has 0 aromatic heterocycles. The molecule has 0 aliphatic carbocycles. The van der Waals surface area contributed by atoms with Gasteiger partial charge in [0.2, 0.25) is 11.8 Å². The molecule has 0 radical (unpaired) electrons. The Labute approximate surface area is 201 Å². The van der Waals surface area contributed by atoms with Gasteiger partial charge in [-0.1, -0.05) is 38.2 Å². The summed E-state index contributed by atoms with van der Waals surface area (Å²) < 4.78 is 12.5. The Kier molecular flexibility index (Phi) is 6.93. The van der Waals surface area contributed by atoms with Crippen molar-refractivity contribution in [3.05, 3.63) is 24.3 Å². The fraction of sp³-hybridized carbons (Fsp3) is 0.731. The zero-order valence-electron chi connectivity index (χ0n) is 20.7. The Morgan fingerprint density at radius 2 is 1.85 bits per heavy atom. The summed E-state index contributed by atoms with van der Waals surface area (Å²) in [6.07, 6.45) is 11.1. The van der Waals surface area contributed by atoms with Crippen LogP contribution >= 0.6 is 0 Å². The van der Waals surface area contributed by atoms with Crippen LogP contribution < -0.4 is 0 Å². The fourth-order valence-corrected chi connectivity index (χ4v) is 6.27. The molecule has 2 saturated heterocycles. The average Bonchev–Trinajstić information content (AvgIpc) is 3.17. The lowest BCUT2D eigenvalue weighted by molar-refractivity contribution is -0.163. The van der Waals surface area contributed by atoms with Crippen molar-refractivity contribution in [1.29, 1.82) is 0 Å². The molecule has 2 amide bonds. The Morgan fingerprint density at radius 3 is 2.50 bits per heavy atom. The summed E-state index contributed by atoms with van der Waals surface area (Å²) in [5, 5.41) is 10.1. The van der Waals surface area contributed by atoms with Gasteiger partial charge in [-0.25, -0.2) is 0 Å². The van der Waals surface area contributed by atoms with E-state index in [0.29, 0.717) is 26.0 Å². The maximum Gasteiger partial charge on any atom is 0.313 e. The standard InChI is InChI=1S/C26H38N2O6/c1-5-18(16-29)28-21-23(31)27(17(3)4)14-11-13-26(21)19(22(28)30)20-24(32)33-15-10-8-7-9-12-25(20,6-2)34-26/h9,11-13,17-21,29H,5-8,10,14-16H2,1-4H3/b12-9-/t18-,19-,20+,21?,25-,26-/m0/s1. The average molecular weight is 475 g/mol. The number of nitrogens with zero attached hydrogens (tertiary/aromatic N) is 2. The molecule has 0 aromatic carbocycles. The SMILES string of the molecule is CC[C@@H](CO)N1C(=O)[C@@H]2[C@@H]3C(=O)OCCCC/C=C\[C@]3(CC)O[C@@]23C=CCN(C(C)C)C(=O)C13. The highest BCUT2D eigenvalue weighted by molar-refractivity contribution is 5.99. The third-order valence-electron chi connectivity index (χ3n) is 8.05. The molecule has 4 aliphatic rings. The minimum Gasteiger partial charge on any atom is -0.465 e. The molecule has 2 fully saturated rings. The predicted octanol–water partition coefficient (Wildman–Crippen LogP) is 2.21. The largest absolute Gasteiger partial charge is 0.465 e. The minimum absolute atomic E-state index is 0.0791. The van der Waals surface area contributed by atoms with Gasteiger partial charge in [-0.3, -0.25) is 14.4 Å². The summed E-state index contributed by atoms with van der Waals surface area (Å²) in [5.74, 6) is -2.76. The quantitative estimate of drug-likeness (QED) is 0.485. The summed E-state index contributed by atoms with van der Waals surface area (Å²) in [6, 6.07) is -1.58. The Balaban J connectivity index is 1.93. The van der Waals surface area contributed by atoms with E-state index in [1.54, 1.807) is 4.90 Å². The molecule has 188 valence electrons. The molecule has 8 heteroatoms. The third kappa shape index (κ3) is 3.61. The number of rotatable bonds is 5. The Hall–Kier alpha value is -2.19. The summed E-state index contributed by atoms with van der Waals surface area (Å²) in [5.41, 5.74) is -2.35. The molecule has 1 N–H and O–H groups in total.